The molecule has 3 heteroatoms. The fraction of sp³-hybridized carbons (Fsp3) is 0.786. The molecule has 1 fully saturated rings. The van der Waals surface area contributed by atoms with Gasteiger partial charge in [-0.25, -0.2) is 0 Å². The molecule has 0 aromatic carbocycles. The lowest BCUT2D eigenvalue weighted by Crippen LogP contribution is -2.35. The van der Waals surface area contributed by atoms with Gasteiger partial charge in [-0.15, -0.1) is 0 Å². The van der Waals surface area contributed by atoms with Gasteiger partial charge in [-0.2, -0.15) is 5.10 Å². The molecule has 1 aromatic rings. The van der Waals surface area contributed by atoms with E-state index in [1.54, 1.807) is 0 Å². The highest BCUT2D eigenvalue weighted by molar-refractivity contribution is 5.03. The van der Waals surface area contributed by atoms with E-state index < -0.39 is 0 Å². The van der Waals surface area contributed by atoms with Crippen LogP contribution in [-0.4, -0.2) is 15.8 Å². The smallest absolute Gasteiger partial charge is 0.0534 e. The van der Waals surface area contributed by atoms with E-state index in [0.717, 1.165) is 24.9 Å². The van der Waals surface area contributed by atoms with Crippen molar-refractivity contribution < 1.29 is 0 Å². The van der Waals surface area contributed by atoms with Crippen LogP contribution in [0.25, 0.3) is 0 Å². The number of rotatable bonds is 4. The van der Waals surface area contributed by atoms with E-state index in [1.165, 1.54) is 24.8 Å². The molecule has 1 saturated carbocycles. The molecule has 3 nitrogen and oxygen atoms in total. The molecule has 0 amide bonds. The predicted octanol–water partition coefficient (Wildman–Crippen LogP) is 2.82. The Hall–Kier alpha value is -0.830. The molecular weight excluding hydrogens is 210 g/mol. The van der Waals surface area contributed by atoms with E-state index in [9.17, 15) is 0 Å². The summed E-state index contributed by atoms with van der Waals surface area (Å²) in [6.07, 6.45) is 8.17. The second-order valence-corrected chi connectivity index (χ2v) is 5.70. The summed E-state index contributed by atoms with van der Waals surface area (Å²) in [4.78, 5) is 0. The number of hydrogen-bond donors (Lipinski definition) is 1. The second kappa shape index (κ2) is 5.67. The van der Waals surface area contributed by atoms with Gasteiger partial charge in [0.15, 0.2) is 0 Å². The van der Waals surface area contributed by atoms with Gasteiger partial charge in [0, 0.05) is 30.9 Å². The van der Waals surface area contributed by atoms with Crippen LogP contribution in [0, 0.1) is 11.8 Å². The third-order valence-corrected chi connectivity index (χ3v) is 3.78. The molecule has 0 saturated heterocycles. The minimum absolute atomic E-state index is 0.693. The van der Waals surface area contributed by atoms with Crippen LogP contribution in [0.3, 0.4) is 0 Å². The SMILES string of the molecule is CCn1cc(CNC2CC(C)CC(C)C2)cn1. The molecule has 2 rings (SSSR count). The van der Waals surface area contributed by atoms with Gasteiger partial charge in [-0.05, 0) is 38.0 Å². The molecule has 0 aliphatic heterocycles. The van der Waals surface area contributed by atoms with E-state index in [0.29, 0.717) is 6.04 Å². The Morgan fingerprint density at radius 2 is 2.00 bits per heavy atom. The van der Waals surface area contributed by atoms with E-state index in [4.69, 9.17) is 0 Å². The molecule has 1 N–H and O–H groups in total. The molecule has 1 aromatic heterocycles. The number of aromatic nitrogens is 2. The average molecular weight is 235 g/mol. The Balaban J connectivity index is 1.81. The normalized spacial score (nSPS) is 29.5. The van der Waals surface area contributed by atoms with Crippen molar-refractivity contribution in [2.24, 2.45) is 11.8 Å². The molecule has 0 radical (unpaired) electrons. The van der Waals surface area contributed by atoms with Crippen molar-refractivity contribution in [3.63, 3.8) is 0 Å². The van der Waals surface area contributed by atoms with Crippen LogP contribution in [0.5, 0.6) is 0 Å². The van der Waals surface area contributed by atoms with Crippen LogP contribution < -0.4 is 5.32 Å². The van der Waals surface area contributed by atoms with Crippen LogP contribution in [0.4, 0.5) is 0 Å². The average Bonchev–Trinajstić information content (AvgIpc) is 2.73. The maximum absolute atomic E-state index is 4.30. The van der Waals surface area contributed by atoms with Crippen molar-refractivity contribution in [2.45, 2.75) is 59.2 Å². The van der Waals surface area contributed by atoms with Crippen LogP contribution in [0.1, 0.15) is 45.6 Å². The molecule has 0 bridgehead atoms. The minimum Gasteiger partial charge on any atom is -0.310 e. The first-order valence-electron chi connectivity index (χ1n) is 6.92. The fourth-order valence-corrected chi connectivity index (χ4v) is 3.05. The zero-order valence-corrected chi connectivity index (χ0v) is 11.3. The topological polar surface area (TPSA) is 29.9 Å². The van der Waals surface area contributed by atoms with Gasteiger partial charge in [0.25, 0.3) is 0 Å². The van der Waals surface area contributed by atoms with Crippen LogP contribution in [0.15, 0.2) is 12.4 Å². The predicted molar refractivity (Wildman–Crippen MR) is 70.7 cm³/mol. The Kier molecular flexibility index (Phi) is 4.21. The second-order valence-electron chi connectivity index (χ2n) is 5.70. The van der Waals surface area contributed by atoms with Crippen LogP contribution in [0.2, 0.25) is 0 Å². The molecule has 1 aliphatic carbocycles. The van der Waals surface area contributed by atoms with Gasteiger partial charge in [0.2, 0.25) is 0 Å². The van der Waals surface area contributed by atoms with Crippen molar-refractivity contribution in [3.8, 4) is 0 Å². The number of aryl methyl sites for hydroxylation is 1. The zero-order chi connectivity index (χ0) is 12.3. The van der Waals surface area contributed by atoms with Gasteiger partial charge in [0.05, 0.1) is 6.20 Å². The summed E-state index contributed by atoms with van der Waals surface area (Å²) in [5, 5.41) is 7.99. The van der Waals surface area contributed by atoms with Crippen molar-refractivity contribution in [1.29, 1.82) is 0 Å². The van der Waals surface area contributed by atoms with Crippen LogP contribution in [-0.2, 0) is 13.1 Å². The third kappa shape index (κ3) is 3.56. The monoisotopic (exact) mass is 235 g/mol. The Morgan fingerprint density at radius 3 is 2.59 bits per heavy atom. The van der Waals surface area contributed by atoms with Crippen molar-refractivity contribution in [2.75, 3.05) is 0 Å². The molecule has 1 heterocycles. The van der Waals surface area contributed by atoms with Gasteiger partial charge in [-0.1, -0.05) is 13.8 Å². The summed E-state index contributed by atoms with van der Waals surface area (Å²) < 4.78 is 1.99. The Bertz CT molecular complexity index is 335. The first-order valence-corrected chi connectivity index (χ1v) is 6.92. The summed E-state index contributed by atoms with van der Waals surface area (Å²) in [5.41, 5.74) is 1.30. The largest absolute Gasteiger partial charge is 0.310 e. The highest BCUT2D eigenvalue weighted by Gasteiger charge is 2.23. The van der Waals surface area contributed by atoms with E-state index in [2.05, 4.69) is 37.4 Å². The van der Waals surface area contributed by atoms with Crippen molar-refractivity contribution in [1.82, 2.24) is 15.1 Å². The molecule has 2 atom stereocenters. The standard InChI is InChI=1S/C14H25N3/c1-4-17-10-13(9-16-17)8-15-14-6-11(2)5-12(3)7-14/h9-12,14-15H,4-8H2,1-3H3. The summed E-state index contributed by atoms with van der Waals surface area (Å²) in [7, 11) is 0. The molecule has 0 spiro atoms. The first-order chi connectivity index (χ1) is 8.17. The highest BCUT2D eigenvalue weighted by atomic mass is 15.3. The summed E-state index contributed by atoms with van der Waals surface area (Å²) in [5.74, 6) is 1.74. The fourth-order valence-electron chi connectivity index (χ4n) is 3.05. The van der Waals surface area contributed by atoms with Gasteiger partial charge in [-0.3, -0.25) is 4.68 Å². The summed E-state index contributed by atoms with van der Waals surface area (Å²) in [6, 6.07) is 0.693. The lowest BCUT2D eigenvalue weighted by molar-refractivity contribution is 0.238. The van der Waals surface area contributed by atoms with Gasteiger partial charge < -0.3 is 5.32 Å². The Morgan fingerprint density at radius 1 is 1.29 bits per heavy atom. The lowest BCUT2D eigenvalue weighted by atomic mass is 9.80. The third-order valence-electron chi connectivity index (χ3n) is 3.78. The van der Waals surface area contributed by atoms with E-state index in [-0.39, 0.29) is 0 Å². The Labute approximate surface area is 105 Å². The lowest BCUT2D eigenvalue weighted by Gasteiger charge is -2.32. The quantitative estimate of drug-likeness (QED) is 0.869. The summed E-state index contributed by atoms with van der Waals surface area (Å²) in [6.45, 7) is 8.79. The summed E-state index contributed by atoms with van der Waals surface area (Å²) >= 11 is 0. The zero-order valence-electron chi connectivity index (χ0n) is 11.3. The number of nitrogens with zero attached hydrogens (tertiary/aromatic N) is 2. The molecule has 96 valence electrons. The molecular formula is C14H25N3. The minimum atomic E-state index is 0.693. The van der Waals surface area contributed by atoms with E-state index in [1.807, 2.05) is 10.9 Å². The number of nitrogens with one attached hydrogen (secondary N) is 1. The van der Waals surface area contributed by atoms with Crippen molar-refractivity contribution >= 4 is 0 Å². The first kappa shape index (κ1) is 12.6. The highest BCUT2D eigenvalue weighted by Crippen LogP contribution is 2.28. The van der Waals surface area contributed by atoms with Crippen molar-refractivity contribution in [3.05, 3.63) is 18.0 Å². The molecule has 17 heavy (non-hydrogen) atoms. The molecule has 2 unspecified atom stereocenters. The maximum Gasteiger partial charge on any atom is 0.0534 e. The van der Waals surface area contributed by atoms with Gasteiger partial charge >= 0.3 is 0 Å². The molecule has 1 aliphatic rings. The van der Waals surface area contributed by atoms with E-state index >= 15 is 0 Å². The maximum atomic E-state index is 4.30. The number of hydrogen-bond acceptors (Lipinski definition) is 2. The van der Waals surface area contributed by atoms with Crippen LogP contribution >= 0.6 is 0 Å². The van der Waals surface area contributed by atoms with Gasteiger partial charge in [0.1, 0.15) is 0 Å².